The normalized spacial score (nSPS) is 10.6. The molecule has 0 saturated carbocycles. The molecule has 0 unspecified atom stereocenters. The molecule has 0 aliphatic heterocycles. The summed E-state index contributed by atoms with van der Waals surface area (Å²) in [6.07, 6.45) is 0. The first-order valence-electron chi connectivity index (χ1n) is 6.90. The first-order valence-corrected chi connectivity index (χ1v) is 9.31. The monoisotopic (exact) mass is 452 g/mol. The van der Waals surface area contributed by atoms with Crippen LogP contribution in [-0.4, -0.2) is 14.2 Å². The van der Waals surface area contributed by atoms with Crippen molar-refractivity contribution in [2.24, 2.45) is 0 Å². The van der Waals surface area contributed by atoms with Gasteiger partial charge in [-0.1, -0.05) is 0 Å². The van der Waals surface area contributed by atoms with Gasteiger partial charge in [0.15, 0.2) is 0 Å². The molecule has 0 amide bonds. The van der Waals surface area contributed by atoms with E-state index in [0.717, 1.165) is 31.6 Å². The molecule has 0 saturated heterocycles. The molecule has 0 aliphatic carbocycles. The summed E-state index contributed by atoms with van der Waals surface area (Å²) in [6.45, 7) is 0. The summed E-state index contributed by atoms with van der Waals surface area (Å²) in [6, 6.07) is 16.2. The number of benzene rings is 2. The van der Waals surface area contributed by atoms with Gasteiger partial charge in [-0.05, 0) is 91.5 Å². The number of ether oxygens (including phenoxy) is 2. The maximum atomic E-state index is 5.23. The molecule has 0 radical (unpaired) electrons. The van der Waals surface area contributed by atoms with Crippen LogP contribution in [0.1, 0.15) is 0 Å². The highest BCUT2D eigenvalue weighted by molar-refractivity contribution is 9.13. The molecule has 0 bridgehead atoms. The van der Waals surface area contributed by atoms with Gasteiger partial charge in [0.2, 0.25) is 0 Å². The van der Waals surface area contributed by atoms with Gasteiger partial charge in [0.05, 0.1) is 32.9 Å². The lowest BCUT2D eigenvalue weighted by Crippen LogP contribution is -1.81. The van der Waals surface area contributed by atoms with E-state index in [4.69, 9.17) is 9.47 Å². The summed E-state index contributed by atoms with van der Waals surface area (Å²) in [5.74, 6) is 1.71. The summed E-state index contributed by atoms with van der Waals surface area (Å²) in [4.78, 5) is 2.37. The Morgan fingerprint density at radius 3 is 1.30 bits per heavy atom. The van der Waals surface area contributed by atoms with Crippen LogP contribution in [0.3, 0.4) is 0 Å². The van der Waals surface area contributed by atoms with Crippen LogP contribution in [0.2, 0.25) is 0 Å². The fourth-order valence-electron chi connectivity index (χ4n) is 2.25. The first kappa shape index (κ1) is 16.6. The molecular weight excluding hydrogens is 440 g/mol. The van der Waals surface area contributed by atoms with E-state index in [1.54, 1.807) is 25.6 Å². The van der Waals surface area contributed by atoms with Crippen molar-refractivity contribution in [1.82, 2.24) is 0 Å². The minimum atomic E-state index is 0.857. The minimum absolute atomic E-state index is 0.857. The van der Waals surface area contributed by atoms with Crippen LogP contribution in [0.4, 0.5) is 0 Å². The van der Waals surface area contributed by atoms with Crippen molar-refractivity contribution in [3.8, 4) is 32.4 Å². The van der Waals surface area contributed by atoms with E-state index in [0.29, 0.717) is 0 Å². The highest BCUT2D eigenvalue weighted by Crippen LogP contribution is 2.48. The lowest BCUT2D eigenvalue weighted by Gasteiger charge is -2.02. The van der Waals surface area contributed by atoms with Gasteiger partial charge >= 0.3 is 0 Å². The van der Waals surface area contributed by atoms with E-state index in [1.165, 1.54) is 9.75 Å². The number of halogens is 2. The van der Waals surface area contributed by atoms with E-state index in [1.807, 2.05) is 24.3 Å². The Balaban J connectivity index is 2.03. The third-order valence-electron chi connectivity index (χ3n) is 3.50. The molecule has 23 heavy (non-hydrogen) atoms. The first-order chi connectivity index (χ1) is 11.1. The third-order valence-corrected chi connectivity index (χ3v) is 7.43. The summed E-state index contributed by atoms with van der Waals surface area (Å²) < 4.78 is 12.6. The molecule has 118 valence electrons. The van der Waals surface area contributed by atoms with E-state index in [9.17, 15) is 0 Å². The zero-order valence-corrected chi connectivity index (χ0v) is 16.6. The fourth-order valence-corrected chi connectivity index (χ4v) is 4.94. The van der Waals surface area contributed by atoms with Crippen molar-refractivity contribution in [3.63, 3.8) is 0 Å². The number of methoxy groups -OCH3 is 2. The zero-order valence-electron chi connectivity index (χ0n) is 12.6. The second-order valence-electron chi connectivity index (χ2n) is 4.85. The number of hydrogen-bond acceptors (Lipinski definition) is 3. The second-order valence-corrected chi connectivity index (χ2v) is 7.45. The standard InChI is InChI=1S/C18H14Br2O2S/c1-21-13-7-3-11(4-8-13)17-15(19)16(20)18(23-17)12-5-9-14(22-2)10-6-12/h3-10H,1-2H3. The van der Waals surface area contributed by atoms with E-state index < -0.39 is 0 Å². The highest BCUT2D eigenvalue weighted by Gasteiger charge is 2.17. The topological polar surface area (TPSA) is 18.5 Å². The predicted octanol–water partition coefficient (Wildman–Crippen LogP) is 6.62. The number of hydrogen-bond donors (Lipinski definition) is 0. The third kappa shape index (κ3) is 3.32. The smallest absolute Gasteiger partial charge is 0.118 e. The molecule has 0 fully saturated rings. The second kappa shape index (κ2) is 7.07. The van der Waals surface area contributed by atoms with E-state index in [-0.39, 0.29) is 0 Å². The van der Waals surface area contributed by atoms with Crippen LogP contribution in [0.15, 0.2) is 57.5 Å². The molecule has 2 aromatic carbocycles. The Kier molecular flexibility index (Phi) is 5.09. The number of rotatable bonds is 4. The maximum absolute atomic E-state index is 5.23. The molecule has 3 rings (SSSR count). The molecule has 3 aromatic rings. The summed E-state index contributed by atoms with van der Waals surface area (Å²) in [5, 5.41) is 0. The molecule has 0 atom stereocenters. The van der Waals surface area contributed by atoms with Crippen molar-refractivity contribution >= 4 is 43.2 Å². The van der Waals surface area contributed by atoms with E-state index >= 15 is 0 Å². The summed E-state index contributed by atoms with van der Waals surface area (Å²) >= 11 is 9.16. The largest absolute Gasteiger partial charge is 0.497 e. The minimum Gasteiger partial charge on any atom is -0.497 e. The Morgan fingerprint density at radius 2 is 1.00 bits per heavy atom. The van der Waals surface area contributed by atoms with Crippen molar-refractivity contribution in [3.05, 3.63) is 57.5 Å². The molecular formula is C18H14Br2O2S. The van der Waals surface area contributed by atoms with Gasteiger partial charge < -0.3 is 9.47 Å². The summed E-state index contributed by atoms with van der Waals surface area (Å²) in [7, 11) is 3.35. The van der Waals surface area contributed by atoms with Gasteiger partial charge in [0.1, 0.15) is 11.5 Å². The average Bonchev–Trinajstić information content (AvgIpc) is 2.91. The Hall–Kier alpha value is -1.30. The quantitative estimate of drug-likeness (QED) is 0.441. The van der Waals surface area contributed by atoms with Crippen molar-refractivity contribution in [2.75, 3.05) is 14.2 Å². The Bertz CT molecular complexity index is 740. The van der Waals surface area contributed by atoms with Gasteiger partial charge in [-0.3, -0.25) is 0 Å². The zero-order chi connectivity index (χ0) is 16.4. The fraction of sp³-hybridized carbons (Fsp3) is 0.111. The molecule has 2 nitrogen and oxygen atoms in total. The predicted molar refractivity (Wildman–Crippen MR) is 104 cm³/mol. The lowest BCUT2D eigenvalue weighted by molar-refractivity contribution is 0.415. The molecule has 1 aromatic heterocycles. The lowest BCUT2D eigenvalue weighted by atomic mass is 10.1. The maximum Gasteiger partial charge on any atom is 0.118 e. The molecule has 0 aliphatic rings. The van der Waals surface area contributed by atoms with Crippen LogP contribution in [0.5, 0.6) is 11.5 Å². The van der Waals surface area contributed by atoms with Gasteiger partial charge in [-0.2, -0.15) is 0 Å². The van der Waals surface area contributed by atoms with Gasteiger partial charge in [0, 0.05) is 0 Å². The van der Waals surface area contributed by atoms with E-state index in [2.05, 4.69) is 56.1 Å². The highest BCUT2D eigenvalue weighted by atomic mass is 79.9. The molecule has 5 heteroatoms. The Morgan fingerprint density at radius 1 is 0.652 bits per heavy atom. The Labute approximate surface area is 156 Å². The van der Waals surface area contributed by atoms with Crippen LogP contribution < -0.4 is 9.47 Å². The molecule has 1 heterocycles. The van der Waals surface area contributed by atoms with Gasteiger partial charge in [-0.15, -0.1) is 11.3 Å². The van der Waals surface area contributed by atoms with Crippen LogP contribution >= 0.6 is 43.2 Å². The van der Waals surface area contributed by atoms with Crippen LogP contribution in [0.25, 0.3) is 20.9 Å². The van der Waals surface area contributed by atoms with Crippen molar-refractivity contribution < 1.29 is 9.47 Å². The summed E-state index contributed by atoms with van der Waals surface area (Å²) in [5.41, 5.74) is 2.31. The van der Waals surface area contributed by atoms with Crippen molar-refractivity contribution in [1.29, 1.82) is 0 Å². The van der Waals surface area contributed by atoms with Crippen LogP contribution in [-0.2, 0) is 0 Å². The SMILES string of the molecule is COc1ccc(-c2sc(-c3ccc(OC)cc3)c(Br)c2Br)cc1. The van der Waals surface area contributed by atoms with Gasteiger partial charge in [-0.25, -0.2) is 0 Å². The molecule has 0 spiro atoms. The molecule has 0 N–H and O–H groups in total. The van der Waals surface area contributed by atoms with Gasteiger partial charge in [0.25, 0.3) is 0 Å². The average molecular weight is 454 g/mol. The number of thiophene rings is 1. The van der Waals surface area contributed by atoms with Crippen molar-refractivity contribution in [2.45, 2.75) is 0 Å². The van der Waals surface area contributed by atoms with Crippen LogP contribution in [0, 0.1) is 0 Å².